The van der Waals surface area contributed by atoms with Crippen molar-refractivity contribution >= 4 is 17.5 Å². The minimum Gasteiger partial charge on any atom is -0.508 e. The number of rotatable bonds is 3. The van der Waals surface area contributed by atoms with E-state index in [4.69, 9.17) is 11.6 Å². The van der Waals surface area contributed by atoms with Crippen LogP contribution in [0.25, 0.3) is 0 Å². The topological polar surface area (TPSA) is 60.8 Å². The molecule has 1 unspecified atom stereocenters. The Kier molecular flexibility index (Phi) is 4.38. The van der Waals surface area contributed by atoms with Crippen molar-refractivity contribution in [1.29, 1.82) is 0 Å². The third kappa shape index (κ3) is 3.11. The van der Waals surface area contributed by atoms with Gasteiger partial charge in [-0.25, -0.2) is 0 Å². The van der Waals surface area contributed by atoms with Gasteiger partial charge in [0.1, 0.15) is 11.5 Å². The standard InChI is InChI=1S/C16H16ClNO3/c1-10(12-5-3-4-6-14(12)19)18(2)16(21)13-9-11(17)7-8-15(13)20/h3-10,19-20H,1-2H3. The van der Waals surface area contributed by atoms with Crippen LogP contribution < -0.4 is 0 Å². The minimum absolute atomic E-state index is 0.124. The molecule has 1 atom stereocenters. The molecule has 0 radical (unpaired) electrons. The Hall–Kier alpha value is -2.20. The van der Waals surface area contributed by atoms with Crippen molar-refractivity contribution in [2.45, 2.75) is 13.0 Å². The van der Waals surface area contributed by atoms with Crippen LogP contribution in [0.5, 0.6) is 11.5 Å². The molecule has 2 aromatic carbocycles. The van der Waals surface area contributed by atoms with Crippen molar-refractivity contribution in [3.8, 4) is 11.5 Å². The number of carbonyl (C=O) groups is 1. The molecule has 110 valence electrons. The molecule has 0 fully saturated rings. The maximum absolute atomic E-state index is 12.5. The molecule has 0 aromatic heterocycles. The Morgan fingerprint density at radius 1 is 1.14 bits per heavy atom. The van der Waals surface area contributed by atoms with E-state index in [0.717, 1.165) is 0 Å². The number of benzene rings is 2. The Balaban J connectivity index is 2.31. The van der Waals surface area contributed by atoms with Gasteiger partial charge in [0.05, 0.1) is 11.6 Å². The highest BCUT2D eigenvalue weighted by molar-refractivity contribution is 6.31. The summed E-state index contributed by atoms with van der Waals surface area (Å²) in [5, 5.41) is 20.1. The van der Waals surface area contributed by atoms with E-state index in [1.807, 2.05) is 0 Å². The van der Waals surface area contributed by atoms with Crippen molar-refractivity contribution in [2.24, 2.45) is 0 Å². The van der Waals surface area contributed by atoms with E-state index in [2.05, 4.69) is 0 Å². The molecule has 0 saturated carbocycles. The van der Waals surface area contributed by atoms with E-state index in [-0.39, 0.29) is 29.0 Å². The summed E-state index contributed by atoms with van der Waals surface area (Å²) in [6.07, 6.45) is 0. The number of phenolic OH excluding ortho intramolecular Hbond substituents is 2. The summed E-state index contributed by atoms with van der Waals surface area (Å²) in [5.74, 6) is -0.369. The number of phenols is 2. The van der Waals surface area contributed by atoms with Gasteiger partial charge >= 0.3 is 0 Å². The molecule has 4 nitrogen and oxygen atoms in total. The quantitative estimate of drug-likeness (QED) is 0.911. The van der Waals surface area contributed by atoms with Gasteiger partial charge in [-0.1, -0.05) is 29.8 Å². The van der Waals surface area contributed by atoms with Crippen molar-refractivity contribution in [3.05, 3.63) is 58.6 Å². The number of halogens is 1. The van der Waals surface area contributed by atoms with Crippen LogP contribution in [0.15, 0.2) is 42.5 Å². The lowest BCUT2D eigenvalue weighted by Crippen LogP contribution is -2.29. The predicted molar refractivity (Wildman–Crippen MR) is 81.7 cm³/mol. The van der Waals surface area contributed by atoms with Crippen LogP contribution in [0.3, 0.4) is 0 Å². The molecule has 0 bridgehead atoms. The average molecular weight is 306 g/mol. The zero-order valence-corrected chi connectivity index (χ0v) is 12.5. The van der Waals surface area contributed by atoms with Gasteiger partial charge in [0.25, 0.3) is 5.91 Å². The van der Waals surface area contributed by atoms with Crippen LogP contribution in [0.2, 0.25) is 5.02 Å². The number of nitrogens with zero attached hydrogens (tertiary/aromatic N) is 1. The van der Waals surface area contributed by atoms with Gasteiger partial charge in [0, 0.05) is 17.6 Å². The molecular weight excluding hydrogens is 290 g/mol. The lowest BCUT2D eigenvalue weighted by atomic mass is 10.0. The highest BCUT2D eigenvalue weighted by atomic mass is 35.5. The first kappa shape index (κ1) is 15.2. The van der Waals surface area contributed by atoms with Crippen molar-refractivity contribution in [3.63, 3.8) is 0 Å². The SMILES string of the molecule is CC(c1ccccc1O)N(C)C(=O)c1cc(Cl)ccc1O. The molecule has 0 spiro atoms. The summed E-state index contributed by atoms with van der Waals surface area (Å²) in [6.45, 7) is 1.80. The van der Waals surface area contributed by atoms with E-state index in [9.17, 15) is 15.0 Å². The predicted octanol–water partition coefficient (Wildman–Crippen LogP) is 3.58. The van der Waals surface area contributed by atoms with E-state index < -0.39 is 0 Å². The first-order chi connectivity index (χ1) is 9.91. The first-order valence-electron chi connectivity index (χ1n) is 6.45. The van der Waals surface area contributed by atoms with Gasteiger partial charge in [-0.15, -0.1) is 0 Å². The molecule has 5 heteroatoms. The second kappa shape index (κ2) is 6.06. The van der Waals surface area contributed by atoms with Gasteiger partial charge in [-0.3, -0.25) is 4.79 Å². The maximum Gasteiger partial charge on any atom is 0.257 e. The van der Waals surface area contributed by atoms with E-state index in [0.29, 0.717) is 10.6 Å². The fourth-order valence-corrected chi connectivity index (χ4v) is 2.27. The van der Waals surface area contributed by atoms with Crippen molar-refractivity contribution in [1.82, 2.24) is 4.90 Å². The number of para-hydroxylation sites is 1. The van der Waals surface area contributed by atoms with Gasteiger partial charge in [0.15, 0.2) is 0 Å². The van der Waals surface area contributed by atoms with Crippen molar-refractivity contribution < 1.29 is 15.0 Å². The Morgan fingerprint density at radius 2 is 1.81 bits per heavy atom. The van der Waals surface area contributed by atoms with Crippen LogP contribution in [0.4, 0.5) is 0 Å². The van der Waals surface area contributed by atoms with Crippen LogP contribution in [-0.2, 0) is 0 Å². The monoisotopic (exact) mass is 305 g/mol. The van der Waals surface area contributed by atoms with Crippen LogP contribution in [-0.4, -0.2) is 28.1 Å². The second-order valence-electron chi connectivity index (χ2n) is 4.81. The lowest BCUT2D eigenvalue weighted by Gasteiger charge is -2.26. The zero-order chi connectivity index (χ0) is 15.6. The number of hydrogen-bond acceptors (Lipinski definition) is 3. The number of aromatic hydroxyl groups is 2. The maximum atomic E-state index is 12.5. The fourth-order valence-electron chi connectivity index (χ4n) is 2.09. The minimum atomic E-state index is -0.370. The highest BCUT2D eigenvalue weighted by Gasteiger charge is 2.23. The molecule has 1 amide bonds. The molecule has 0 heterocycles. The van der Waals surface area contributed by atoms with Crippen LogP contribution in [0, 0.1) is 0 Å². The average Bonchev–Trinajstić information content (AvgIpc) is 2.48. The van der Waals surface area contributed by atoms with Crippen LogP contribution >= 0.6 is 11.6 Å². The Labute approximate surface area is 128 Å². The molecular formula is C16H16ClNO3. The summed E-state index contributed by atoms with van der Waals surface area (Å²) < 4.78 is 0. The smallest absolute Gasteiger partial charge is 0.257 e. The van der Waals surface area contributed by atoms with E-state index in [1.165, 1.54) is 23.1 Å². The van der Waals surface area contributed by atoms with Gasteiger partial charge in [0.2, 0.25) is 0 Å². The van der Waals surface area contributed by atoms with Gasteiger partial charge < -0.3 is 15.1 Å². The third-order valence-electron chi connectivity index (χ3n) is 3.48. The molecule has 2 rings (SSSR count). The van der Waals surface area contributed by atoms with E-state index >= 15 is 0 Å². The van der Waals surface area contributed by atoms with Crippen LogP contribution in [0.1, 0.15) is 28.9 Å². The lowest BCUT2D eigenvalue weighted by molar-refractivity contribution is 0.0738. The largest absolute Gasteiger partial charge is 0.508 e. The molecule has 2 aromatic rings. The van der Waals surface area contributed by atoms with Gasteiger partial charge in [-0.2, -0.15) is 0 Å². The molecule has 0 aliphatic heterocycles. The highest BCUT2D eigenvalue weighted by Crippen LogP contribution is 2.30. The third-order valence-corrected chi connectivity index (χ3v) is 3.71. The summed E-state index contributed by atoms with van der Waals surface area (Å²) in [4.78, 5) is 13.9. The molecule has 21 heavy (non-hydrogen) atoms. The van der Waals surface area contributed by atoms with E-state index in [1.54, 1.807) is 38.2 Å². The van der Waals surface area contributed by atoms with Gasteiger partial charge in [-0.05, 0) is 31.2 Å². The number of carbonyl (C=O) groups excluding carboxylic acids is 1. The molecule has 0 aliphatic carbocycles. The summed E-state index contributed by atoms with van der Waals surface area (Å²) in [5.41, 5.74) is 0.766. The molecule has 2 N–H and O–H groups in total. The normalized spacial score (nSPS) is 12.0. The fraction of sp³-hybridized carbons (Fsp3) is 0.188. The summed E-state index contributed by atoms with van der Waals surface area (Å²) in [6, 6.07) is 10.8. The summed E-state index contributed by atoms with van der Waals surface area (Å²) >= 11 is 5.87. The number of amides is 1. The Bertz CT molecular complexity index is 672. The number of hydrogen-bond donors (Lipinski definition) is 2. The second-order valence-corrected chi connectivity index (χ2v) is 5.25. The van der Waals surface area contributed by atoms with Crippen molar-refractivity contribution in [2.75, 3.05) is 7.05 Å². The first-order valence-corrected chi connectivity index (χ1v) is 6.83. The Morgan fingerprint density at radius 3 is 2.48 bits per heavy atom. The zero-order valence-electron chi connectivity index (χ0n) is 11.7. The molecule has 0 aliphatic rings. The molecule has 0 saturated heterocycles. The summed E-state index contributed by atoms with van der Waals surface area (Å²) in [7, 11) is 1.61.